The van der Waals surface area contributed by atoms with Crippen molar-refractivity contribution < 1.29 is 0 Å². The Kier molecular flexibility index (Phi) is 4.47. The number of anilines is 1. The van der Waals surface area contributed by atoms with Crippen LogP contribution in [0.1, 0.15) is 26.0 Å². The van der Waals surface area contributed by atoms with Gasteiger partial charge in [-0.15, -0.1) is 0 Å². The van der Waals surface area contributed by atoms with Gasteiger partial charge in [0.15, 0.2) is 5.13 Å². The molecule has 0 saturated heterocycles. The fourth-order valence-corrected chi connectivity index (χ4v) is 3.88. The third-order valence-corrected chi connectivity index (χ3v) is 5.51. The minimum atomic E-state index is 0.424. The number of thiazole rings is 1. The number of hydrogen-bond donors (Lipinski definition) is 1. The molecule has 132 valence electrons. The van der Waals surface area contributed by atoms with E-state index in [4.69, 9.17) is 4.98 Å². The Bertz CT molecular complexity index is 1030. The molecule has 0 aliphatic rings. The topological polar surface area (TPSA) is 42.2 Å². The average Bonchev–Trinajstić information content (AvgIpc) is 3.27. The Morgan fingerprint density at radius 1 is 1.15 bits per heavy atom. The zero-order valence-electron chi connectivity index (χ0n) is 15.2. The molecule has 0 aliphatic carbocycles. The molecule has 0 aliphatic heterocycles. The van der Waals surface area contributed by atoms with E-state index in [2.05, 4.69) is 71.3 Å². The zero-order chi connectivity index (χ0) is 18.1. The molecule has 1 aromatic carbocycles. The second-order valence-electron chi connectivity index (χ2n) is 6.60. The fraction of sp³-hybridized carbons (Fsp3) is 0.238. The number of aromatic nitrogens is 3. The van der Waals surface area contributed by atoms with E-state index in [-0.39, 0.29) is 0 Å². The second kappa shape index (κ2) is 6.92. The first-order chi connectivity index (χ1) is 12.6. The van der Waals surface area contributed by atoms with Crippen LogP contribution >= 0.6 is 11.3 Å². The third-order valence-electron chi connectivity index (χ3n) is 4.53. The summed E-state index contributed by atoms with van der Waals surface area (Å²) >= 11 is 1.69. The Balaban J connectivity index is 1.81. The van der Waals surface area contributed by atoms with Gasteiger partial charge in [-0.25, -0.2) is 9.97 Å². The lowest BCUT2D eigenvalue weighted by molar-refractivity contribution is 0.763. The summed E-state index contributed by atoms with van der Waals surface area (Å²) in [5.74, 6) is 0. The number of aryl methyl sites for hydroxylation is 1. The van der Waals surface area contributed by atoms with Crippen LogP contribution in [0, 0.1) is 6.92 Å². The molecule has 0 fully saturated rings. The maximum Gasteiger partial charge on any atom is 0.183 e. The van der Waals surface area contributed by atoms with Gasteiger partial charge in [0, 0.05) is 35.8 Å². The highest BCUT2D eigenvalue weighted by Gasteiger charge is 2.13. The molecule has 3 heterocycles. The van der Waals surface area contributed by atoms with Crippen molar-refractivity contribution in [3.8, 4) is 21.6 Å². The molecule has 0 amide bonds. The molecular formula is C21H22N4S. The van der Waals surface area contributed by atoms with Crippen LogP contribution in [0.5, 0.6) is 0 Å². The summed E-state index contributed by atoms with van der Waals surface area (Å²) in [6.07, 6.45) is 7.25. The maximum atomic E-state index is 4.72. The Morgan fingerprint density at radius 3 is 2.73 bits per heavy atom. The van der Waals surface area contributed by atoms with E-state index in [0.717, 1.165) is 38.9 Å². The molecule has 4 rings (SSSR count). The van der Waals surface area contributed by atoms with Gasteiger partial charge in [0.25, 0.3) is 0 Å². The van der Waals surface area contributed by atoms with Crippen LogP contribution < -0.4 is 5.32 Å². The number of nitrogens with one attached hydrogen (secondary N) is 1. The summed E-state index contributed by atoms with van der Waals surface area (Å²) < 4.78 is 2.12. The molecule has 26 heavy (non-hydrogen) atoms. The fourth-order valence-electron chi connectivity index (χ4n) is 2.97. The van der Waals surface area contributed by atoms with E-state index < -0.39 is 0 Å². The number of pyridine rings is 1. The van der Waals surface area contributed by atoms with Gasteiger partial charge in [0.1, 0.15) is 5.65 Å². The van der Waals surface area contributed by atoms with E-state index in [1.165, 1.54) is 5.56 Å². The lowest BCUT2D eigenvalue weighted by Crippen LogP contribution is -2.12. The smallest absolute Gasteiger partial charge is 0.183 e. The van der Waals surface area contributed by atoms with Crippen molar-refractivity contribution in [2.75, 3.05) is 5.32 Å². The summed E-state index contributed by atoms with van der Waals surface area (Å²) in [5.41, 5.74) is 5.47. The van der Waals surface area contributed by atoms with Crippen LogP contribution in [0.4, 0.5) is 5.13 Å². The molecule has 1 atom stereocenters. The van der Waals surface area contributed by atoms with Crippen LogP contribution in [-0.2, 0) is 0 Å². The lowest BCUT2D eigenvalue weighted by Gasteiger charge is -2.09. The van der Waals surface area contributed by atoms with Crippen LogP contribution in [0.25, 0.3) is 27.2 Å². The van der Waals surface area contributed by atoms with Crippen molar-refractivity contribution in [3.05, 3.63) is 60.7 Å². The molecule has 4 nitrogen and oxygen atoms in total. The summed E-state index contributed by atoms with van der Waals surface area (Å²) in [7, 11) is 0. The predicted octanol–water partition coefficient (Wildman–Crippen LogP) is 5.64. The molecule has 1 unspecified atom stereocenters. The normalized spacial score (nSPS) is 12.4. The number of rotatable bonds is 5. The summed E-state index contributed by atoms with van der Waals surface area (Å²) in [6, 6.07) is 13.1. The molecule has 0 spiro atoms. The maximum absolute atomic E-state index is 4.72. The standard InChI is InChI=1S/C21H22N4S/c1-4-14(2)24-21-22-11-19(26-21)17-10-18(16-8-6-5-7-9-16)20-23-15(3)12-25(20)13-17/h5-14H,4H2,1-3H3,(H,22,24). The van der Waals surface area contributed by atoms with Crippen LogP contribution in [0.2, 0.25) is 0 Å². The molecular weight excluding hydrogens is 340 g/mol. The molecule has 0 bridgehead atoms. The van der Waals surface area contributed by atoms with Crippen LogP contribution in [0.15, 0.2) is 55.0 Å². The van der Waals surface area contributed by atoms with E-state index in [9.17, 15) is 0 Å². The van der Waals surface area contributed by atoms with Gasteiger partial charge in [-0.3, -0.25) is 0 Å². The van der Waals surface area contributed by atoms with Crippen molar-refractivity contribution in [1.82, 2.24) is 14.4 Å². The molecule has 0 radical (unpaired) electrons. The van der Waals surface area contributed by atoms with Gasteiger partial charge in [0.05, 0.1) is 10.6 Å². The number of imidazole rings is 1. The van der Waals surface area contributed by atoms with E-state index in [1.54, 1.807) is 11.3 Å². The quantitative estimate of drug-likeness (QED) is 0.499. The molecule has 0 saturated carbocycles. The largest absolute Gasteiger partial charge is 0.359 e. The molecule has 4 aromatic rings. The highest BCUT2D eigenvalue weighted by Crippen LogP contribution is 2.34. The van der Waals surface area contributed by atoms with Crippen LogP contribution in [-0.4, -0.2) is 20.4 Å². The Labute approximate surface area is 157 Å². The summed E-state index contributed by atoms with van der Waals surface area (Å²) in [4.78, 5) is 10.4. The Morgan fingerprint density at radius 2 is 1.96 bits per heavy atom. The first-order valence-corrected chi connectivity index (χ1v) is 9.73. The first kappa shape index (κ1) is 16.8. The van der Waals surface area contributed by atoms with Crippen LogP contribution in [0.3, 0.4) is 0 Å². The zero-order valence-corrected chi connectivity index (χ0v) is 16.0. The van der Waals surface area contributed by atoms with Gasteiger partial charge >= 0.3 is 0 Å². The third kappa shape index (κ3) is 3.22. The first-order valence-electron chi connectivity index (χ1n) is 8.91. The van der Waals surface area contributed by atoms with Crippen molar-refractivity contribution >= 4 is 22.1 Å². The predicted molar refractivity (Wildman–Crippen MR) is 110 cm³/mol. The van der Waals surface area contributed by atoms with E-state index in [1.807, 2.05) is 19.2 Å². The van der Waals surface area contributed by atoms with E-state index in [0.29, 0.717) is 6.04 Å². The van der Waals surface area contributed by atoms with Gasteiger partial charge in [0.2, 0.25) is 0 Å². The minimum Gasteiger partial charge on any atom is -0.359 e. The highest BCUT2D eigenvalue weighted by atomic mass is 32.1. The Hall–Kier alpha value is -2.66. The average molecular weight is 363 g/mol. The second-order valence-corrected chi connectivity index (χ2v) is 7.64. The number of hydrogen-bond acceptors (Lipinski definition) is 4. The molecule has 3 aromatic heterocycles. The summed E-state index contributed by atoms with van der Waals surface area (Å²) in [5, 5.41) is 4.43. The summed E-state index contributed by atoms with van der Waals surface area (Å²) in [6.45, 7) is 6.38. The monoisotopic (exact) mass is 362 g/mol. The number of nitrogens with zero attached hydrogens (tertiary/aromatic N) is 3. The van der Waals surface area contributed by atoms with Crippen molar-refractivity contribution in [2.45, 2.75) is 33.2 Å². The van der Waals surface area contributed by atoms with E-state index >= 15 is 0 Å². The molecule has 1 N–H and O–H groups in total. The van der Waals surface area contributed by atoms with Gasteiger partial charge in [-0.05, 0) is 31.9 Å². The van der Waals surface area contributed by atoms with Crippen molar-refractivity contribution in [1.29, 1.82) is 0 Å². The highest BCUT2D eigenvalue weighted by molar-refractivity contribution is 7.18. The van der Waals surface area contributed by atoms with Gasteiger partial charge in [-0.2, -0.15) is 0 Å². The number of fused-ring (bicyclic) bond motifs is 1. The van der Waals surface area contributed by atoms with Gasteiger partial charge < -0.3 is 9.72 Å². The lowest BCUT2D eigenvalue weighted by atomic mass is 10.0. The minimum absolute atomic E-state index is 0.424. The van der Waals surface area contributed by atoms with Crippen molar-refractivity contribution in [3.63, 3.8) is 0 Å². The SMILES string of the molecule is CCC(C)Nc1ncc(-c2cc(-c3ccccc3)c3nc(C)cn3c2)s1. The molecule has 5 heteroatoms. The van der Waals surface area contributed by atoms with Gasteiger partial charge in [-0.1, -0.05) is 48.6 Å². The number of benzene rings is 1. The van der Waals surface area contributed by atoms with Crippen molar-refractivity contribution in [2.24, 2.45) is 0 Å².